The van der Waals surface area contributed by atoms with Crippen molar-refractivity contribution in [3.05, 3.63) is 53.6 Å². The fourth-order valence-electron chi connectivity index (χ4n) is 3.30. The molecule has 2 heterocycles. The van der Waals surface area contributed by atoms with Gasteiger partial charge in [-0.25, -0.2) is 0 Å². The number of rotatable bonds is 4. The van der Waals surface area contributed by atoms with Crippen LogP contribution in [-0.4, -0.2) is 38.9 Å². The van der Waals surface area contributed by atoms with Gasteiger partial charge in [-0.05, 0) is 29.3 Å². The first-order valence-electron chi connectivity index (χ1n) is 9.39. The molecule has 0 aliphatic carbocycles. The number of para-hydroxylation sites is 1. The number of aliphatic imine (C=N–C) groups is 1. The van der Waals surface area contributed by atoms with Gasteiger partial charge in [-0.2, -0.15) is 0 Å². The number of ether oxygens (including phenoxy) is 3. The molecule has 0 amide bonds. The fourth-order valence-corrected chi connectivity index (χ4v) is 3.30. The molecule has 0 radical (unpaired) electrons. The summed E-state index contributed by atoms with van der Waals surface area (Å²) >= 11 is 0. The Kier molecular flexibility index (Phi) is 7.24. The Morgan fingerprint density at radius 3 is 2.68 bits per heavy atom. The monoisotopic (exact) mass is 495 g/mol. The molecular weight excluding hydrogens is 469 g/mol. The third kappa shape index (κ3) is 5.01. The van der Waals surface area contributed by atoms with Gasteiger partial charge in [0, 0.05) is 26.4 Å². The molecule has 2 aromatic rings. The summed E-state index contributed by atoms with van der Waals surface area (Å²) < 4.78 is 17.4. The van der Waals surface area contributed by atoms with Gasteiger partial charge in [-0.3, -0.25) is 4.99 Å². The number of fused-ring (bicyclic) bond motifs is 2. The van der Waals surface area contributed by atoms with Crippen molar-refractivity contribution in [2.24, 2.45) is 4.99 Å². The molecule has 0 saturated heterocycles. The summed E-state index contributed by atoms with van der Waals surface area (Å²) in [6.07, 6.45) is 1.95. The Labute approximate surface area is 182 Å². The summed E-state index contributed by atoms with van der Waals surface area (Å²) in [7, 11) is 1.77. The zero-order valence-electron chi connectivity index (χ0n) is 15.9. The maximum absolute atomic E-state index is 5.96. The summed E-state index contributed by atoms with van der Waals surface area (Å²) in [5.41, 5.74) is 2.38. The van der Waals surface area contributed by atoms with E-state index in [9.17, 15) is 0 Å². The van der Waals surface area contributed by atoms with E-state index in [2.05, 4.69) is 21.7 Å². The Balaban J connectivity index is 0.00000225. The van der Waals surface area contributed by atoms with E-state index in [1.807, 2.05) is 36.4 Å². The number of nitrogens with zero attached hydrogens (tertiary/aromatic N) is 1. The highest BCUT2D eigenvalue weighted by atomic mass is 127. The molecule has 2 N–H and O–H groups in total. The minimum atomic E-state index is 0. The molecule has 28 heavy (non-hydrogen) atoms. The maximum Gasteiger partial charge on any atom is 0.191 e. The first-order valence-corrected chi connectivity index (χ1v) is 9.39. The predicted octanol–water partition coefficient (Wildman–Crippen LogP) is 3.13. The van der Waals surface area contributed by atoms with E-state index in [0.717, 1.165) is 41.6 Å². The summed E-state index contributed by atoms with van der Waals surface area (Å²) in [6.45, 7) is 2.75. The Morgan fingerprint density at radius 1 is 1.04 bits per heavy atom. The molecule has 1 unspecified atom stereocenters. The fraction of sp³-hybridized carbons (Fsp3) is 0.381. The summed E-state index contributed by atoms with van der Waals surface area (Å²) in [4.78, 5) is 4.30. The van der Waals surface area contributed by atoms with Gasteiger partial charge in [0.25, 0.3) is 0 Å². The third-order valence-electron chi connectivity index (χ3n) is 4.71. The van der Waals surface area contributed by atoms with Crippen LogP contribution in [0.4, 0.5) is 0 Å². The lowest BCUT2D eigenvalue weighted by Crippen LogP contribution is -2.41. The van der Waals surface area contributed by atoms with Crippen molar-refractivity contribution in [2.45, 2.75) is 25.5 Å². The normalized spacial score (nSPS) is 17.6. The molecule has 4 rings (SSSR count). The Morgan fingerprint density at radius 2 is 1.86 bits per heavy atom. The van der Waals surface area contributed by atoms with Crippen molar-refractivity contribution in [1.29, 1.82) is 0 Å². The van der Waals surface area contributed by atoms with Gasteiger partial charge in [-0.1, -0.05) is 24.3 Å². The third-order valence-corrected chi connectivity index (χ3v) is 4.71. The van der Waals surface area contributed by atoms with Crippen LogP contribution >= 0.6 is 24.0 Å². The number of hydrogen-bond acceptors (Lipinski definition) is 4. The maximum atomic E-state index is 5.96. The van der Waals surface area contributed by atoms with Crippen molar-refractivity contribution in [3.63, 3.8) is 0 Å². The summed E-state index contributed by atoms with van der Waals surface area (Å²) in [5, 5.41) is 6.69. The van der Waals surface area contributed by atoms with Gasteiger partial charge in [-0.15, -0.1) is 24.0 Å². The molecule has 150 valence electrons. The van der Waals surface area contributed by atoms with Gasteiger partial charge in [0.1, 0.15) is 11.9 Å². The standard InChI is InChI=1S/C21H25N3O3.HI/c1-22-21(24-14-17-12-16-5-2-3-6-18(16)27-17)23-13-15-7-8-19-20(11-15)26-10-4-9-25-19;/h2-3,5-8,11,17H,4,9-10,12-14H2,1H3,(H2,22,23,24);1H. The molecule has 6 nitrogen and oxygen atoms in total. The van der Waals surface area contributed by atoms with E-state index in [1.165, 1.54) is 5.56 Å². The van der Waals surface area contributed by atoms with E-state index in [1.54, 1.807) is 7.05 Å². The van der Waals surface area contributed by atoms with E-state index in [0.29, 0.717) is 26.3 Å². The van der Waals surface area contributed by atoms with Crippen LogP contribution in [0.1, 0.15) is 17.5 Å². The van der Waals surface area contributed by atoms with E-state index in [4.69, 9.17) is 14.2 Å². The molecule has 2 aromatic carbocycles. The Bertz CT molecular complexity index is 803. The molecule has 0 spiro atoms. The minimum Gasteiger partial charge on any atom is -0.490 e. The molecule has 2 aliphatic rings. The Hall–Kier alpha value is -2.16. The lowest BCUT2D eigenvalue weighted by atomic mass is 10.1. The van der Waals surface area contributed by atoms with E-state index in [-0.39, 0.29) is 30.1 Å². The van der Waals surface area contributed by atoms with Crippen LogP contribution in [0.25, 0.3) is 0 Å². The smallest absolute Gasteiger partial charge is 0.191 e. The molecule has 0 fully saturated rings. The second-order valence-electron chi connectivity index (χ2n) is 6.69. The molecule has 0 aromatic heterocycles. The topological polar surface area (TPSA) is 64.1 Å². The number of benzene rings is 2. The molecule has 7 heteroatoms. The van der Waals surface area contributed by atoms with Crippen LogP contribution < -0.4 is 24.8 Å². The summed E-state index contributed by atoms with van der Waals surface area (Å²) in [5.74, 6) is 3.37. The highest BCUT2D eigenvalue weighted by Gasteiger charge is 2.22. The van der Waals surface area contributed by atoms with Crippen LogP contribution in [0.15, 0.2) is 47.5 Å². The number of guanidine groups is 1. The van der Waals surface area contributed by atoms with Crippen LogP contribution in [0, 0.1) is 0 Å². The number of nitrogens with one attached hydrogen (secondary N) is 2. The van der Waals surface area contributed by atoms with Crippen molar-refractivity contribution < 1.29 is 14.2 Å². The highest BCUT2D eigenvalue weighted by Crippen LogP contribution is 2.30. The average Bonchev–Trinajstić information content (AvgIpc) is 2.97. The lowest BCUT2D eigenvalue weighted by Gasteiger charge is -2.16. The van der Waals surface area contributed by atoms with Gasteiger partial charge < -0.3 is 24.8 Å². The summed E-state index contributed by atoms with van der Waals surface area (Å²) in [6, 6.07) is 14.2. The van der Waals surface area contributed by atoms with Crippen LogP contribution in [0.3, 0.4) is 0 Å². The van der Waals surface area contributed by atoms with Gasteiger partial charge in [0.2, 0.25) is 0 Å². The molecule has 2 aliphatic heterocycles. The van der Waals surface area contributed by atoms with E-state index < -0.39 is 0 Å². The van der Waals surface area contributed by atoms with Gasteiger partial charge in [0.05, 0.1) is 19.8 Å². The van der Waals surface area contributed by atoms with Crippen LogP contribution in [0.5, 0.6) is 17.2 Å². The van der Waals surface area contributed by atoms with Crippen molar-refractivity contribution >= 4 is 29.9 Å². The van der Waals surface area contributed by atoms with Crippen molar-refractivity contribution in [2.75, 3.05) is 26.8 Å². The predicted molar refractivity (Wildman–Crippen MR) is 120 cm³/mol. The van der Waals surface area contributed by atoms with Gasteiger partial charge in [0.15, 0.2) is 17.5 Å². The second-order valence-corrected chi connectivity index (χ2v) is 6.69. The van der Waals surface area contributed by atoms with Crippen LogP contribution in [-0.2, 0) is 13.0 Å². The first-order chi connectivity index (χ1) is 13.3. The zero-order chi connectivity index (χ0) is 18.5. The zero-order valence-corrected chi connectivity index (χ0v) is 18.3. The quantitative estimate of drug-likeness (QED) is 0.388. The average molecular weight is 495 g/mol. The minimum absolute atomic E-state index is 0. The van der Waals surface area contributed by atoms with Crippen molar-refractivity contribution in [1.82, 2.24) is 10.6 Å². The molecule has 0 saturated carbocycles. The number of halogens is 1. The second kappa shape index (κ2) is 9.86. The molecule has 0 bridgehead atoms. The van der Waals surface area contributed by atoms with Gasteiger partial charge >= 0.3 is 0 Å². The van der Waals surface area contributed by atoms with E-state index >= 15 is 0 Å². The lowest BCUT2D eigenvalue weighted by molar-refractivity contribution is 0.235. The van der Waals surface area contributed by atoms with Crippen LogP contribution in [0.2, 0.25) is 0 Å². The molecule has 1 atom stereocenters. The first kappa shape index (κ1) is 20.6. The highest BCUT2D eigenvalue weighted by molar-refractivity contribution is 14.0. The van der Waals surface area contributed by atoms with Crippen molar-refractivity contribution in [3.8, 4) is 17.2 Å². The number of hydrogen-bond donors (Lipinski definition) is 2. The molecular formula is C21H26IN3O3. The SMILES string of the molecule is CN=C(NCc1ccc2c(c1)OCCCO2)NCC1Cc2ccccc2O1.I. The largest absolute Gasteiger partial charge is 0.490 e.